The molecule has 0 fully saturated rings. The number of aryl methyl sites for hydroxylation is 2. The molecule has 0 aliphatic carbocycles. The van der Waals surface area contributed by atoms with Crippen molar-refractivity contribution >= 4 is 6.09 Å². The topological polar surface area (TPSA) is 108 Å². The average Bonchev–Trinajstić information content (AvgIpc) is 3.29. The second-order valence-electron chi connectivity index (χ2n) is 8.19. The molecule has 0 aliphatic heterocycles. The van der Waals surface area contributed by atoms with Gasteiger partial charge < -0.3 is 10.1 Å². The van der Waals surface area contributed by atoms with Crippen molar-refractivity contribution in [3.63, 3.8) is 0 Å². The molecule has 1 N–H and O–H groups in total. The molecule has 10 heteroatoms. The van der Waals surface area contributed by atoms with E-state index < -0.39 is 6.09 Å². The Morgan fingerprint density at radius 2 is 1.94 bits per heavy atom. The van der Waals surface area contributed by atoms with Crippen LogP contribution in [0.25, 0.3) is 16.8 Å². The van der Waals surface area contributed by atoms with Crippen LogP contribution in [0.4, 0.5) is 9.18 Å². The number of halogens is 1. The molecule has 4 aromatic rings. The first-order valence-electron chi connectivity index (χ1n) is 10.7. The van der Waals surface area contributed by atoms with E-state index in [9.17, 15) is 9.18 Å². The summed E-state index contributed by atoms with van der Waals surface area (Å²) < 4.78 is 21.8. The predicted octanol–water partition coefficient (Wildman–Crippen LogP) is 4.29. The van der Waals surface area contributed by atoms with Crippen molar-refractivity contribution in [3.8, 4) is 22.6 Å². The third kappa shape index (κ3) is 5.22. The lowest BCUT2D eigenvalue weighted by molar-refractivity contribution is 0.200. The number of benzene rings is 2. The van der Waals surface area contributed by atoms with Crippen molar-refractivity contribution in [1.29, 1.82) is 0 Å². The molecule has 0 aliphatic rings. The van der Waals surface area contributed by atoms with Crippen LogP contribution in [0, 0.1) is 19.7 Å². The Morgan fingerprint density at radius 1 is 1.12 bits per heavy atom. The van der Waals surface area contributed by atoms with Crippen LogP contribution in [0.3, 0.4) is 0 Å². The van der Waals surface area contributed by atoms with E-state index in [-0.39, 0.29) is 24.0 Å². The molecule has 4 rings (SSSR count). The summed E-state index contributed by atoms with van der Waals surface area (Å²) in [6.07, 6.45) is 2.52. The lowest BCUT2D eigenvalue weighted by Crippen LogP contribution is -2.26. The standard InChI is InChI=1S/C24H24FN7O2/c1-14(2)23-29-30-31-32(23)19-8-17(21-6-5-15(3)7-22(21)25)9-20(10-19)34-24(33)28-13-18-12-26-16(4)11-27-18/h5-12,14H,13H2,1-4H3,(H,28,33). The molecule has 34 heavy (non-hydrogen) atoms. The highest BCUT2D eigenvalue weighted by Crippen LogP contribution is 2.31. The lowest BCUT2D eigenvalue weighted by atomic mass is 10.0. The summed E-state index contributed by atoms with van der Waals surface area (Å²) in [6.45, 7) is 7.72. The van der Waals surface area contributed by atoms with Crippen LogP contribution in [0.1, 0.15) is 42.5 Å². The number of nitrogens with one attached hydrogen (secondary N) is 1. The Hall–Kier alpha value is -4.21. The Balaban J connectivity index is 1.66. The van der Waals surface area contributed by atoms with Crippen molar-refractivity contribution in [2.75, 3.05) is 0 Å². The predicted molar refractivity (Wildman–Crippen MR) is 123 cm³/mol. The minimum Gasteiger partial charge on any atom is -0.410 e. The number of carbonyl (C=O) groups is 1. The summed E-state index contributed by atoms with van der Waals surface area (Å²) in [4.78, 5) is 20.8. The van der Waals surface area contributed by atoms with E-state index in [0.29, 0.717) is 28.3 Å². The highest BCUT2D eigenvalue weighted by Gasteiger charge is 2.17. The van der Waals surface area contributed by atoms with Gasteiger partial charge in [0.1, 0.15) is 11.6 Å². The Bertz CT molecular complexity index is 1320. The Morgan fingerprint density at radius 3 is 2.65 bits per heavy atom. The largest absolute Gasteiger partial charge is 0.412 e. The van der Waals surface area contributed by atoms with Crippen molar-refractivity contribution in [1.82, 2.24) is 35.5 Å². The van der Waals surface area contributed by atoms with Crippen LogP contribution in [0.15, 0.2) is 48.8 Å². The number of tetrazole rings is 1. The number of amides is 1. The van der Waals surface area contributed by atoms with Crippen LogP contribution in [-0.4, -0.2) is 36.3 Å². The van der Waals surface area contributed by atoms with Gasteiger partial charge in [0.15, 0.2) is 5.82 Å². The number of rotatable bonds is 6. The van der Waals surface area contributed by atoms with E-state index >= 15 is 0 Å². The molecule has 0 unspecified atom stereocenters. The maximum atomic E-state index is 14.8. The van der Waals surface area contributed by atoms with E-state index in [4.69, 9.17) is 4.74 Å². The molecule has 0 atom stereocenters. The Kier molecular flexibility index (Phi) is 6.58. The van der Waals surface area contributed by atoms with Crippen molar-refractivity contribution in [2.24, 2.45) is 0 Å². The lowest BCUT2D eigenvalue weighted by Gasteiger charge is -2.13. The number of carbonyl (C=O) groups excluding carboxylic acids is 1. The maximum Gasteiger partial charge on any atom is 0.412 e. The summed E-state index contributed by atoms with van der Waals surface area (Å²) in [6, 6.07) is 9.94. The van der Waals surface area contributed by atoms with Gasteiger partial charge in [-0.1, -0.05) is 26.0 Å². The summed E-state index contributed by atoms with van der Waals surface area (Å²) in [5, 5.41) is 14.6. The van der Waals surface area contributed by atoms with E-state index in [0.717, 1.165) is 11.3 Å². The van der Waals surface area contributed by atoms with Gasteiger partial charge in [0.05, 0.1) is 29.8 Å². The summed E-state index contributed by atoms with van der Waals surface area (Å²) in [5.41, 5.74) is 3.60. The SMILES string of the molecule is Cc1ccc(-c2cc(OC(=O)NCc3cnc(C)cn3)cc(-n3nnnc3C(C)C)c2)c(F)c1. The van der Waals surface area contributed by atoms with Crippen LogP contribution in [0.2, 0.25) is 0 Å². The van der Waals surface area contributed by atoms with Crippen LogP contribution >= 0.6 is 0 Å². The van der Waals surface area contributed by atoms with Gasteiger partial charge >= 0.3 is 6.09 Å². The normalized spacial score (nSPS) is 11.0. The minimum absolute atomic E-state index is 0.0399. The number of nitrogens with zero attached hydrogens (tertiary/aromatic N) is 6. The molecule has 2 aromatic heterocycles. The van der Waals surface area contributed by atoms with Crippen LogP contribution in [0.5, 0.6) is 5.75 Å². The fourth-order valence-corrected chi connectivity index (χ4v) is 3.33. The summed E-state index contributed by atoms with van der Waals surface area (Å²) >= 11 is 0. The average molecular weight is 462 g/mol. The zero-order valence-corrected chi connectivity index (χ0v) is 19.3. The fourth-order valence-electron chi connectivity index (χ4n) is 3.33. The van der Waals surface area contributed by atoms with Gasteiger partial charge in [0.2, 0.25) is 0 Å². The van der Waals surface area contributed by atoms with E-state index in [1.54, 1.807) is 41.3 Å². The minimum atomic E-state index is -0.685. The number of aromatic nitrogens is 6. The number of hydrogen-bond donors (Lipinski definition) is 1. The molecule has 0 saturated heterocycles. The highest BCUT2D eigenvalue weighted by molar-refractivity contribution is 5.74. The molecule has 2 heterocycles. The quantitative estimate of drug-likeness (QED) is 0.456. The molecular weight excluding hydrogens is 437 g/mol. The summed E-state index contributed by atoms with van der Waals surface area (Å²) in [7, 11) is 0. The smallest absolute Gasteiger partial charge is 0.410 e. The van der Waals surface area contributed by atoms with Crippen molar-refractivity contribution in [3.05, 3.63) is 77.4 Å². The number of hydrogen-bond acceptors (Lipinski definition) is 7. The first kappa shape index (κ1) is 23.0. The van der Waals surface area contributed by atoms with E-state index in [2.05, 4.69) is 30.8 Å². The van der Waals surface area contributed by atoms with Crippen LogP contribution < -0.4 is 10.1 Å². The third-order valence-electron chi connectivity index (χ3n) is 5.04. The second-order valence-corrected chi connectivity index (χ2v) is 8.19. The molecule has 1 amide bonds. The molecule has 0 radical (unpaired) electrons. The van der Waals surface area contributed by atoms with E-state index in [1.807, 2.05) is 33.8 Å². The van der Waals surface area contributed by atoms with Gasteiger partial charge in [-0.05, 0) is 53.6 Å². The molecule has 9 nitrogen and oxygen atoms in total. The molecule has 2 aromatic carbocycles. The summed E-state index contributed by atoms with van der Waals surface area (Å²) in [5.74, 6) is 0.490. The Labute approximate surface area is 196 Å². The van der Waals surface area contributed by atoms with E-state index in [1.165, 1.54) is 6.07 Å². The van der Waals surface area contributed by atoms with Crippen molar-refractivity contribution < 1.29 is 13.9 Å². The first-order chi connectivity index (χ1) is 16.3. The monoisotopic (exact) mass is 461 g/mol. The van der Waals surface area contributed by atoms with Gasteiger partial charge in [-0.2, -0.15) is 4.68 Å². The van der Waals surface area contributed by atoms with Crippen LogP contribution in [-0.2, 0) is 6.54 Å². The highest BCUT2D eigenvalue weighted by atomic mass is 19.1. The maximum absolute atomic E-state index is 14.8. The number of ether oxygens (including phenoxy) is 1. The molecule has 0 saturated carbocycles. The third-order valence-corrected chi connectivity index (χ3v) is 5.04. The molecule has 0 bridgehead atoms. The molecular formula is C24H24FN7O2. The van der Waals surface area contributed by atoms with Gasteiger partial charge in [-0.25, -0.2) is 9.18 Å². The molecule has 174 valence electrons. The van der Waals surface area contributed by atoms with Gasteiger partial charge in [-0.3, -0.25) is 9.97 Å². The van der Waals surface area contributed by atoms with Gasteiger partial charge in [0, 0.05) is 23.7 Å². The van der Waals surface area contributed by atoms with Crippen molar-refractivity contribution in [2.45, 2.75) is 40.2 Å². The fraction of sp³-hybridized carbons (Fsp3) is 0.250. The zero-order valence-electron chi connectivity index (χ0n) is 19.3. The zero-order chi connectivity index (χ0) is 24.2. The van der Waals surface area contributed by atoms with Gasteiger partial charge in [0.25, 0.3) is 0 Å². The first-order valence-corrected chi connectivity index (χ1v) is 10.7. The second kappa shape index (κ2) is 9.74. The molecule has 0 spiro atoms. The van der Waals surface area contributed by atoms with Gasteiger partial charge in [-0.15, -0.1) is 5.10 Å².